The van der Waals surface area contributed by atoms with Crippen LogP contribution in [0.1, 0.15) is 21.8 Å². The highest BCUT2D eigenvalue weighted by molar-refractivity contribution is 5.94. The second-order valence-corrected chi connectivity index (χ2v) is 8.25. The average molecular weight is 421 g/mol. The molecule has 1 fully saturated rings. The number of rotatable bonds is 6. The van der Waals surface area contributed by atoms with Crippen molar-refractivity contribution in [1.29, 1.82) is 5.26 Å². The van der Waals surface area contributed by atoms with Crippen LogP contribution in [0, 0.1) is 11.3 Å². The zero-order chi connectivity index (χ0) is 22.7. The first-order chi connectivity index (χ1) is 14.8. The minimum atomic E-state index is -0.639. The number of hydrogen-bond donors (Lipinski definition) is 1. The van der Waals surface area contributed by atoms with Gasteiger partial charge in [-0.15, -0.1) is 0 Å². The Kier molecular flexibility index (Phi) is 6.74. The molecule has 0 aromatic heterocycles. The van der Waals surface area contributed by atoms with Crippen LogP contribution in [-0.2, 0) is 4.79 Å². The first-order valence-electron chi connectivity index (χ1n) is 10.2. The van der Waals surface area contributed by atoms with Gasteiger partial charge in [0.25, 0.3) is 5.91 Å². The number of benzene rings is 2. The summed E-state index contributed by atoms with van der Waals surface area (Å²) in [5.74, 6) is -0.532. The number of likely N-dealkylation sites (tertiary alicyclic amines) is 1. The average Bonchev–Trinajstić information content (AvgIpc) is 2.73. The first-order valence-corrected chi connectivity index (χ1v) is 10.2. The maximum atomic E-state index is 12.6. The molecule has 3 atom stereocenters. The third-order valence-electron chi connectivity index (χ3n) is 5.64. The van der Waals surface area contributed by atoms with Crippen LogP contribution >= 0.6 is 0 Å². The summed E-state index contributed by atoms with van der Waals surface area (Å²) in [5.41, 5.74) is 3.35. The molecule has 2 aromatic rings. The molecule has 0 bridgehead atoms. The summed E-state index contributed by atoms with van der Waals surface area (Å²) in [6.07, 6.45) is 0. The largest absolute Gasteiger partial charge is 0.394 e. The molecular formula is C24H28N4O3. The van der Waals surface area contributed by atoms with Gasteiger partial charge in [-0.2, -0.15) is 5.26 Å². The number of likely N-dealkylation sites (N-methyl/N-ethyl adjacent to an activating group) is 1. The van der Waals surface area contributed by atoms with Crippen molar-refractivity contribution in [1.82, 2.24) is 14.7 Å². The fourth-order valence-corrected chi connectivity index (χ4v) is 4.18. The van der Waals surface area contributed by atoms with Crippen molar-refractivity contribution in [3.05, 3.63) is 59.7 Å². The number of nitriles is 1. The monoisotopic (exact) mass is 420 g/mol. The number of amides is 2. The normalized spacial score (nSPS) is 20.2. The topological polar surface area (TPSA) is 87.9 Å². The van der Waals surface area contributed by atoms with Crippen LogP contribution in [0.15, 0.2) is 48.5 Å². The summed E-state index contributed by atoms with van der Waals surface area (Å²) in [6.45, 7) is -0.0307. The molecule has 0 spiro atoms. The van der Waals surface area contributed by atoms with E-state index in [2.05, 4.69) is 6.07 Å². The van der Waals surface area contributed by atoms with Gasteiger partial charge < -0.3 is 19.8 Å². The molecule has 0 saturated carbocycles. The first kappa shape index (κ1) is 22.5. The minimum Gasteiger partial charge on any atom is -0.394 e. The molecule has 31 heavy (non-hydrogen) atoms. The SMILES string of the molecule is CN(C)CC(=O)N1[C@@H](C#N)[C@H](c2ccccc2-c2ccc(C(=O)N(C)C)cc2)[C@@H]1CO. The second-order valence-electron chi connectivity index (χ2n) is 8.25. The van der Waals surface area contributed by atoms with Crippen LogP contribution in [0.5, 0.6) is 0 Å². The molecule has 2 aromatic carbocycles. The van der Waals surface area contributed by atoms with E-state index in [1.54, 1.807) is 45.2 Å². The third kappa shape index (κ3) is 4.31. The van der Waals surface area contributed by atoms with E-state index in [1.165, 1.54) is 9.80 Å². The molecule has 1 aliphatic heterocycles. The molecule has 0 radical (unpaired) electrons. The van der Waals surface area contributed by atoms with E-state index < -0.39 is 12.1 Å². The van der Waals surface area contributed by atoms with E-state index >= 15 is 0 Å². The summed E-state index contributed by atoms with van der Waals surface area (Å²) in [6, 6.07) is 16.2. The Balaban J connectivity index is 1.95. The van der Waals surface area contributed by atoms with E-state index in [-0.39, 0.29) is 30.9 Å². The number of aliphatic hydroxyl groups excluding tert-OH is 1. The van der Waals surface area contributed by atoms with E-state index in [9.17, 15) is 20.0 Å². The van der Waals surface area contributed by atoms with E-state index in [4.69, 9.17) is 0 Å². The van der Waals surface area contributed by atoms with Crippen molar-refractivity contribution >= 4 is 11.8 Å². The highest BCUT2D eigenvalue weighted by Gasteiger charge is 2.52. The van der Waals surface area contributed by atoms with Crippen LogP contribution in [0.2, 0.25) is 0 Å². The standard InChI is InChI=1S/C24H28N4O3/c1-26(2)14-22(30)28-20(13-25)23(21(28)15-29)19-8-6-5-7-18(19)16-9-11-17(12-10-16)24(31)27(3)4/h5-12,20-21,23,29H,14-15H2,1-4H3/t20-,21-,23-/m0/s1. The smallest absolute Gasteiger partial charge is 0.253 e. The van der Waals surface area contributed by atoms with Gasteiger partial charge in [-0.1, -0.05) is 36.4 Å². The van der Waals surface area contributed by atoms with E-state index in [0.29, 0.717) is 5.56 Å². The molecule has 0 unspecified atom stereocenters. The van der Waals surface area contributed by atoms with Gasteiger partial charge in [0.05, 0.1) is 25.3 Å². The van der Waals surface area contributed by atoms with Crippen LogP contribution in [0.4, 0.5) is 0 Å². The second kappa shape index (κ2) is 9.29. The van der Waals surface area contributed by atoms with Crippen LogP contribution in [-0.4, -0.2) is 85.0 Å². The summed E-state index contributed by atoms with van der Waals surface area (Å²) in [5, 5.41) is 19.9. The summed E-state index contributed by atoms with van der Waals surface area (Å²) < 4.78 is 0. The molecule has 7 nitrogen and oxygen atoms in total. The Morgan fingerprint density at radius 2 is 1.71 bits per heavy atom. The Labute approximate surface area is 183 Å². The molecule has 1 saturated heterocycles. The highest BCUT2D eigenvalue weighted by atomic mass is 16.3. The van der Waals surface area contributed by atoms with Crippen molar-refractivity contribution in [2.45, 2.75) is 18.0 Å². The molecule has 1 heterocycles. The molecule has 2 amide bonds. The van der Waals surface area contributed by atoms with Crippen LogP contribution in [0.3, 0.4) is 0 Å². The fourth-order valence-electron chi connectivity index (χ4n) is 4.18. The number of hydrogen-bond acceptors (Lipinski definition) is 5. The lowest BCUT2D eigenvalue weighted by molar-refractivity contribution is -0.147. The van der Waals surface area contributed by atoms with Gasteiger partial charge in [0.15, 0.2) is 0 Å². The van der Waals surface area contributed by atoms with Crippen molar-refractivity contribution in [3.8, 4) is 17.2 Å². The van der Waals surface area contributed by atoms with Gasteiger partial charge in [0.2, 0.25) is 5.91 Å². The lowest BCUT2D eigenvalue weighted by Crippen LogP contribution is -2.66. The van der Waals surface area contributed by atoms with Crippen LogP contribution in [0.25, 0.3) is 11.1 Å². The Morgan fingerprint density at radius 1 is 1.06 bits per heavy atom. The fraction of sp³-hybridized carbons (Fsp3) is 0.375. The highest BCUT2D eigenvalue weighted by Crippen LogP contribution is 2.44. The van der Waals surface area contributed by atoms with Gasteiger partial charge >= 0.3 is 0 Å². The predicted molar refractivity (Wildman–Crippen MR) is 118 cm³/mol. The molecule has 1 aliphatic rings. The number of nitrogens with zero attached hydrogens (tertiary/aromatic N) is 4. The van der Waals surface area contributed by atoms with E-state index in [0.717, 1.165) is 16.7 Å². The quantitative estimate of drug-likeness (QED) is 0.770. The van der Waals surface area contributed by atoms with Crippen molar-refractivity contribution in [2.75, 3.05) is 41.3 Å². The third-order valence-corrected chi connectivity index (χ3v) is 5.64. The van der Waals surface area contributed by atoms with Crippen LogP contribution < -0.4 is 0 Å². The van der Waals surface area contributed by atoms with Gasteiger partial charge in [-0.3, -0.25) is 9.59 Å². The molecular weight excluding hydrogens is 392 g/mol. The summed E-state index contributed by atoms with van der Waals surface area (Å²) in [7, 11) is 7.01. The summed E-state index contributed by atoms with van der Waals surface area (Å²) >= 11 is 0. The lowest BCUT2D eigenvalue weighted by Gasteiger charge is -2.52. The van der Waals surface area contributed by atoms with Gasteiger partial charge in [-0.25, -0.2) is 0 Å². The number of carbonyl (C=O) groups is 2. The zero-order valence-corrected chi connectivity index (χ0v) is 18.3. The summed E-state index contributed by atoms with van der Waals surface area (Å²) in [4.78, 5) is 29.6. The Hall–Kier alpha value is -3.21. The molecule has 0 aliphatic carbocycles. The minimum absolute atomic E-state index is 0.0706. The van der Waals surface area contributed by atoms with Gasteiger partial charge in [0.1, 0.15) is 6.04 Å². The van der Waals surface area contributed by atoms with Crippen molar-refractivity contribution < 1.29 is 14.7 Å². The van der Waals surface area contributed by atoms with Gasteiger partial charge in [0, 0.05) is 25.6 Å². The molecule has 162 valence electrons. The Bertz CT molecular complexity index is 995. The van der Waals surface area contributed by atoms with Crippen molar-refractivity contribution in [3.63, 3.8) is 0 Å². The number of carbonyl (C=O) groups excluding carboxylic acids is 2. The maximum Gasteiger partial charge on any atom is 0.253 e. The zero-order valence-electron chi connectivity index (χ0n) is 18.3. The lowest BCUT2D eigenvalue weighted by atomic mass is 9.73. The molecule has 3 rings (SSSR count). The Morgan fingerprint density at radius 3 is 2.26 bits per heavy atom. The van der Waals surface area contributed by atoms with Crippen molar-refractivity contribution in [2.24, 2.45) is 0 Å². The predicted octanol–water partition coefficient (Wildman–Crippen LogP) is 1.80. The molecule has 7 heteroatoms. The van der Waals surface area contributed by atoms with Gasteiger partial charge in [-0.05, 0) is 42.9 Å². The maximum absolute atomic E-state index is 12.6. The molecule has 1 N–H and O–H groups in total. The van der Waals surface area contributed by atoms with E-state index in [1.807, 2.05) is 36.4 Å². The number of aliphatic hydroxyl groups is 1.